The molecule has 2 aromatic carbocycles. The third kappa shape index (κ3) is 2.05. The molecule has 124 valence electrons. The summed E-state index contributed by atoms with van der Waals surface area (Å²) in [6.45, 7) is 5.78. The van der Waals surface area contributed by atoms with Gasteiger partial charge in [-0.1, -0.05) is 55.0 Å². The SMILES string of the molecule is CC(C)(C)C(=O)OC1(C2CCC2)c2ccccc2-c2ccccc21. The van der Waals surface area contributed by atoms with Crippen LogP contribution in [0.1, 0.15) is 51.2 Å². The van der Waals surface area contributed by atoms with E-state index in [1.54, 1.807) is 0 Å². The molecule has 1 saturated carbocycles. The maximum atomic E-state index is 12.9. The number of fused-ring (bicyclic) bond motifs is 3. The van der Waals surface area contributed by atoms with Gasteiger partial charge in [0.15, 0.2) is 5.60 Å². The van der Waals surface area contributed by atoms with Crippen molar-refractivity contribution < 1.29 is 9.53 Å². The minimum absolute atomic E-state index is 0.124. The van der Waals surface area contributed by atoms with Gasteiger partial charge in [-0.2, -0.15) is 0 Å². The first-order chi connectivity index (χ1) is 11.4. The highest BCUT2D eigenvalue weighted by molar-refractivity contribution is 5.83. The average molecular weight is 320 g/mol. The number of ether oxygens (including phenoxy) is 1. The van der Waals surface area contributed by atoms with E-state index in [-0.39, 0.29) is 5.97 Å². The molecule has 2 aliphatic carbocycles. The van der Waals surface area contributed by atoms with Gasteiger partial charge in [-0.25, -0.2) is 0 Å². The van der Waals surface area contributed by atoms with E-state index in [4.69, 9.17) is 4.74 Å². The van der Waals surface area contributed by atoms with Gasteiger partial charge in [-0.05, 0) is 44.7 Å². The van der Waals surface area contributed by atoms with Gasteiger partial charge in [0.25, 0.3) is 0 Å². The summed E-state index contributed by atoms with van der Waals surface area (Å²) in [7, 11) is 0. The first-order valence-electron chi connectivity index (χ1n) is 8.87. The second-order valence-corrected chi connectivity index (χ2v) is 8.09. The molecule has 0 bridgehead atoms. The number of carbonyl (C=O) groups excluding carboxylic acids is 1. The lowest BCUT2D eigenvalue weighted by Gasteiger charge is -2.44. The van der Waals surface area contributed by atoms with Gasteiger partial charge in [-0.3, -0.25) is 4.79 Å². The summed E-state index contributed by atoms with van der Waals surface area (Å²) < 4.78 is 6.38. The van der Waals surface area contributed by atoms with Crippen molar-refractivity contribution in [2.75, 3.05) is 0 Å². The largest absolute Gasteiger partial charge is 0.448 e. The Morgan fingerprint density at radius 3 is 1.88 bits per heavy atom. The molecule has 2 aromatic rings. The first-order valence-corrected chi connectivity index (χ1v) is 8.87. The summed E-state index contributed by atoms with van der Waals surface area (Å²) in [5, 5.41) is 0. The standard InChI is InChI=1S/C22H24O2/c1-21(2,3)20(23)24-22(15-9-8-10-15)18-13-6-4-11-16(18)17-12-5-7-14-19(17)22/h4-7,11-15H,8-10H2,1-3H3. The maximum Gasteiger partial charge on any atom is 0.312 e. The zero-order chi connectivity index (χ0) is 16.9. The van der Waals surface area contributed by atoms with Crippen molar-refractivity contribution in [3.63, 3.8) is 0 Å². The number of carbonyl (C=O) groups is 1. The second kappa shape index (κ2) is 5.20. The van der Waals surface area contributed by atoms with Crippen molar-refractivity contribution in [3.8, 4) is 11.1 Å². The number of esters is 1. The number of hydrogen-bond donors (Lipinski definition) is 0. The minimum atomic E-state index is -0.615. The lowest BCUT2D eigenvalue weighted by atomic mass is 9.68. The Morgan fingerprint density at radius 1 is 0.958 bits per heavy atom. The lowest BCUT2D eigenvalue weighted by Crippen LogP contribution is -2.45. The van der Waals surface area contributed by atoms with Crippen LogP contribution in [-0.2, 0) is 15.1 Å². The summed E-state index contributed by atoms with van der Waals surface area (Å²) in [4.78, 5) is 12.9. The van der Waals surface area contributed by atoms with Gasteiger partial charge >= 0.3 is 5.97 Å². The Hall–Kier alpha value is -2.09. The molecule has 0 heterocycles. The predicted octanol–water partition coefficient (Wildman–Crippen LogP) is 5.30. The average Bonchev–Trinajstić information content (AvgIpc) is 2.77. The maximum absolute atomic E-state index is 12.9. The minimum Gasteiger partial charge on any atom is -0.448 e. The predicted molar refractivity (Wildman–Crippen MR) is 95.5 cm³/mol. The molecule has 1 fully saturated rings. The Labute approximate surface area is 143 Å². The second-order valence-electron chi connectivity index (χ2n) is 8.09. The fraction of sp³-hybridized carbons (Fsp3) is 0.409. The Morgan fingerprint density at radius 2 is 1.46 bits per heavy atom. The zero-order valence-electron chi connectivity index (χ0n) is 14.6. The molecule has 0 aliphatic heterocycles. The molecule has 4 rings (SSSR count). The monoisotopic (exact) mass is 320 g/mol. The van der Waals surface area contributed by atoms with E-state index in [1.807, 2.05) is 20.8 Å². The summed E-state index contributed by atoms with van der Waals surface area (Å²) in [6.07, 6.45) is 3.43. The van der Waals surface area contributed by atoms with E-state index >= 15 is 0 Å². The Bertz CT molecular complexity index is 748. The van der Waals surface area contributed by atoms with E-state index in [9.17, 15) is 4.79 Å². The fourth-order valence-corrected chi connectivity index (χ4v) is 3.98. The molecule has 2 aliphatic rings. The zero-order valence-corrected chi connectivity index (χ0v) is 14.6. The van der Waals surface area contributed by atoms with E-state index in [0.717, 1.165) is 24.0 Å². The van der Waals surface area contributed by atoms with Crippen LogP contribution >= 0.6 is 0 Å². The normalized spacial score (nSPS) is 18.5. The van der Waals surface area contributed by atoms with E-state index in [1.165, 1.54) is 17.5 Å². The molecule has 0 aromatic heterocycles. The van der Waals surface area contributed by atoms with E-state index in [2.05, 4.69) is 48.5 Å². The molecule has 24 heavy (non-hydrogen) atoms. The quantitative estimate of drug-likeness (QED) is 0.702. The van der Waals surface area contributed by atoms with Gasteiger partial charge in [-0.15, -0.1) is 0 Å². The molecule has 0 amide bonds. The molecule has 2 heteroatoms. The molecule has 0 N–H and O–H groups in total. The van der Waals surface area contributed by atoms with Crippen LogP contribution in [0.25, 0.3) is 11.1 Å². The molecule has 0 atom stereocenters. The molecule has 0 unspecified atom stereocenters. The van der Waals surface area contributed by atoms with Gasteiger partial charge in [0.1, 0.15) is 0 Å². The van der Waals surface area contributed by atoms with Gasteiger partial charge in [0.05, 0.1) is 5.41 Å². The molecular weight excluding hydrogens is 296 g/mol. The first kappa shape index (κ1) is 15.4. The van der Waals surface area contributed by atoms with Gasteiger partial charge in [0.2, 0.25) is 0 Å². The summed E-state index contributed by atoms with van der Waals surface area (Å²) in [6, 6.07) is 16.8. The summed E-state index contributed by atoms with van der Waals surface area (Å²) in [5.41, 5.74) is 3.62. The van der Waals surface area contributed by atoms with Crippen LogP contribution in [0.3, 0.4) is 0 Å². The lowest BCUT2D eigenvalue weighted by molar-refractivity contribution is -0.175. The number of benzene rings is 2. The molecule has 0 saturated heterocycles. The van der Waals surface area contributed by atoms with Gasteiger partial charge < -0.3 is 4.74 Å². The summed E-state index contributed by atoms with van der Waals surface area (Å²) >= 11 is 0. The molecular formula is C22H24O2. The number of hydrogen-bond acceptors (Lipinski definition) is 2. The van der Waals surface area contributed by atoms with Crippen LogP contribution < -0.4 is 0 Å². The van der Waals surface area contributed by atoms with Crippen LogP contribution in [-0.4, -0.2) is 5.97 Å². The highest BCUT2D eigenvalue weighted by Crippen LogP contribution is 2.58. The molecule has 2 nitrogen and oxygen atoms in total. The van der Waals surface area contributed by atoms with Crippen LogP contribution in [0.4, 0.5) is 0 Å². The van der Waals surface area contributed by atoms with Crippen LogP contribution in [0.15, 0.2) is 48.5 Å². The Balaban J connectivity index is 1.94. The summed E-state index contributed by atoms with van der Waals surface area (Å²) in [5.74, 6) is 0.245. The van der Waals surface area contributed by atoms with Crippen LogP contribution in [0.5, 0.6) is 0 Å². The molecule has 0 spiro atoms. The third-order valence-electron chi connectivity index (χ3n) is 5.49. The van der Waals surface area contributed by atoms with Crippen LogP contribution in [0, 0.1) is 11.3 Å². The Kier molecular flexibility index (Phi) is 3.35. The van der Waals surface area contributed by atoms with Crippen LogP contribution in [0.2, 0.25) is 0 Å². The van der Waals surface area contributed by atoms with Crippen molar-refractivity contribution in [2.45, 2.75) is 45.6 Å². The third-order valence-corrected chi connectivity index (χ3v) is 5.49. The van der Waals surface area contributed by atoms with Crippen molar-refractivity contribution in [1.82, 2.24) is 0 Å². The smallest absolute Gasteiger partial charge is 0.312 e. The topological polar surface area (TPSA) is 26.3 Å². The highest BCUT2D eigenvalue weighted by atomic mass is 16.6. The number of rotatable bonds is 2. The van der Waals surface area contributed by atoms with Crippen molar-refractivity contribution in [3.05, 3.63) is 59.7 Å². The highest BCUT2D eigenvalue weighted by Gasteiger charge is 2.54. The van der Waals surface area contributed by atoms with E-state index in [0.29, 0.717) is 5.92 Å². The van der Waals surface area contributed by atoms with Crippen molar-refractivity contribution in [1.29, 1.82) is 0 Å². The van der Waals surface area contributed by atoms with E-state index < -0.39 is 11.0 Å². The molecule has 0 radical (unpaired) electrons. The van der Waals surface area contributed by atoms with Crippen molar-refractivity contribution >= 4 is 5.97 Å². The van der Waals surface area contributed by atoms with Crippen molar-refractivity contribution in [2.24, 2.45) is 11.3 Å². The fourth-order valence-electron chi connectivity index (χ4n) is 3.98. The van der Waals surface area contributed by atoms with Gasteiger partial charge in [0, 0.05) is 17.0 Å².